The minimum Gasteiger partial charge on any atom is -0.380 e. The fraction of sp³-hybridized carbons (Fsp3) is 0.409. The summed E-state index contributed by atoms with van der Waals surface area (Å²) < 4.78 is 38.8. The van der Waals surface area contributed by atoms with E-state index < -0.39 is 12.0 Å². The van der Waals surface area contributed by atoms with Crippen molar-refractivity contribution in [1.82, 2.24) is 4.90 Å². The molecule has 0 aliphatic rings. The first-order valence-corrected chi connectivity index (χ1v) is 9.21. The zero-order chi connectivity index (χ0) is 21.1. The molecule has 3 nitrogen and oxygen atoms in total. The van der Waals surface area contributed by atoms with Crippen molar-refractivity contribution in [2.24, 2.45) is 10.7 Å². The lowest BCUT2D eigenvalue weighted by molar-refractivity contribution is -0.0597. The van der Waals surface area contributed by atoms with Crippen molar-refractivity contribution in [2.45, 2.75) is 45.8 Å². The van der Waals surface area contributed by atoms with Crippen molar-refractivity contribution in [3.63, 3.8) is 0 Å². The molecule has 0 aromatic heterocycles. The van der Waals surface area contributed by atoms with E-state index in [1.807, 2.05) is 50.4 Å². The molecule has 2 N–H and O–H groups in total. The van der Waals surface area contributed by atoms with Crippen LogP contribution < -0.4 is 5.73 Å². The minimum absolute atomic E-state index is 0.0423. The third-order valence-corrected chi connectivity index (χ3v) is 5.03. The second-order valence-electron chi connectivity index (χ2n) is 7.94. The van der Waals surface area contributed by atoms with Crippen LogP contribution in [0.25, 0.3) is 11.1 Å². The molecule has 28 heavy (non-hydrogen) atoms. The Morgan fingerprint density at radius 1 is 1.04 bits per heavy atom. The molecule has 0 saturated carbocycles. The average Bonchev–Trinajstić information content (AvgIpc) is 2.60. The van der Waals surface area contributed by atoms with Crippen LogP contribution in [0.15, 0.2) is 47.5 Å². The average molecular weight is 391 g/mol. The number of alkyl halides is 3. The van der Waals surface area contributed by atoms with Crippen LogP contribution in [0.4, 0.5) is 18.9 Å². The summed E-state index contributed by atoms with van der Waals surface area (Å²) in [6.07, 6.45) is -4.07. The van der Waals surface area contributed by atoms with E-state index in [1.54, 1.807) is 6.07 Å². The van der Waals surface area contributed by atoms with Gasteiger partial charge in [-0.05, 0) is 69.5 Å². The predicted molar refractivity (Wildman–Crippen MR) is 110 cm³/mol. The highest BCUT2D eigenvalue weighted by molar-refractivity contribution is 5.89. The van der Waals surface area contributed by atoms with Crippen LogP contribution in [0.1, 0.15) is 31.9 Å². The van der Waals surface area contributed by atoms with E-state index >= 15 is 0 Å². The Balaban J connectivity index is 2.52. The van der Waals surface area contributed by atoms with E-state index in [4.69, 9.17) is 5.73 Å². The Bertz CT molecular complexity index is 835. The molecule has 0 bridgehead atoms. The van der Waals surface area contributed by atoms with Crippen LogP contribution in [-0.4, -0.2) is 36.0 Å². The number of benzene rings is 2. The number of likely N-dealkylation sites (N-methyl/N-ethyl adjacent to an activating group) is 1. The van der Waals surface area contributed by atoms with Gasteiger partial charge in [0, 0.05) is 12.1 Å². The van der Waals surface area contributed by atoms with Gasteiger partial charge in [0.2, 0.25) is 5.84 Å². The fourth-order valence-electron chi connectivity index (χ4n) is 2.90. The van der Waals surface area contributed by atoms with E-state index in [-0.39, 0.29) is 11.2 Å². The summed E-state index contributed by atoms with van der Waals surface area (Å²) in [6, 6.07) is 13.2. The molecule has 0 atom stereocenters. The van der Waals surface area contributed by atoms with Gasteiger partial charge in [-0.1, -0.05) is 36.4 Å². The molecule has 0 saturated heterocycles. The number of hydrogen-bond donors (Lipinski definition) is 1. The number of rotatable bonds is 5. The highest BCUT2D eigenvalue weighted by Crippen LogP contribution is 2.33. The van der Waals surface area contributed by atoms with Gasteiger partial charge in [0.15, 0.2) is 0 Å². The lowest BCUT2D eigenvalue weighted by atomic mass is 9.93. The van der Waals surface area contributed by atoms with Crippen molar-refractivity contribution in [2.75, 3.05) is 13.6 Å². The summed E-state index contributed by atoms with van der Waals surface area (Å²) in [7, 11) is 2.00. The van der Waals surface area contributed by atoms with Gasteiger partial charge in [-0.3, -0.25) is 0 Å². The Hall–Kier alpha value is -2.34. The van der Waals surface area contributed by atoms with Crippen LogP contribution >= 0.6 is 0 Å². The van der Waals surface area contributed by atoms with Crippen LogP contribution in [0.5, 0.6) is 0 Å². The SMILES string of the molecule is Cc1c(-c2ccccc2)ccc(N=C(N)C(F)(F)F)c1CCN(C)C(C)(C)C. The highest BCUT2D eigenvalue weighted by atomic mass is 19.4. The van der Waals surface area contributed by atoms with Crippen molar-refractivity contribution in [3.05, 3.63) is 53.6 Å². The van der Waals surface area contributed by atoms with Crippen LogP contribution in [-0.2, 0) is 6.42 Å². The summed E-state index contributed by atoms with van der Waals surface area (Å²) in [5.41, 5.74) is 9.13. The fourth-order valence-corrected chi connectivity index (χ4v) is 2.90. The zero-order valence-electron chi connectivity index (χ0n) is 17.1. The number of nitrogens with two attached hydrogens (primary N) is 1. The molecule has 2 aromatic rings. The van der Waals surface area contributed by atoms with Gasteiger partial charge >= 0.3 is 6.18 Å². The summed E-state index contributed by atoms with van der Waals surface area (Å²) in [6.45, 7) is 8.91. The molecule has 0 radical (unpaired) electrons. The topological polar surface area (TPSA) is 41.6 Å². The lowest BCUT2D eigenvalue weighted by Gasteiger charge is -2.32. The molecule has 0 unspecified atom stereocenters. The summed E-state index contributed by atoms with van der Waals surface area (Å²) in [4.78, 5) is 5.89. The Labute approximate surface area is 165 Å². The van der Waals surface area contributed by atoms with Gasteiger partial charge in [0.25, 0.3) is 0 Å². The monoisotopic (exact) mass is 391 g/mol. The van der Waals surface area contributed by atoms with Gasteiger partial charge in [0.1, 0.15) is 0 Å². The largest absolute Gasteiger partial charge is 0.448 e. The van der Waals surface area contributed by atoms with Gasteiger partial charge < -0.3 is 10.6 Å². The molecular formula is C22H28F3N3. The number of halogens is 3. The van der Waals surface area contributed by atoms with E-state index in [2.05, 4.69) is 30.7 Å². The predicted octanol–water partition coefficient (Wildman–Crippen LogP) is 5.49. The second kappa shape index (κ2) is 8.35. The smallest absolute Gasteiger partial charge is 0.380 e. The molecule has 152 valence electrons. The number of hydrogen-bond acceptors (Lipinski definition) is 2. The lowest BCUT2D eigenvalue weighted by Crippen LogP contribution is -2.39. The van der Waals surface area contributed by atoms with Gasteiger partial charge in [-0.15, -0.1) is 0 Å². The maximum Gasteiger partial charge on any atom is 0.448 e. The first kappa shape index (κ1) is 22.0. The first-order valence-electron chi connectivity index (χ1n) is 9.21. The van der Waals surface area contributed by atoms with Crippen molar-refractivity contribution < 1.29 is 13.2 Å². The van der Waals surface area contributed by atoms with E-state index in [9.17, 15) is 13.2 Å². The normalized spacial score (nSPS) is 13.2. The molecule has 0 heterocycles. The van der Waals surface area contributed by atoms with Crippen LogP contribution in [0.2, 0.25) is 0 Å². The highest BCUT2D eigenvalue weighted by Gasteiger charge is 2.33. The van der Waals surface area contributed by atoms with E-state index in [1.165, 1.54) is 0 Å². The van der Waals surface area contributed by atoms with E-state index in [0.717, 1.165) is 22.3 Å². The van der Waals surface area contributed by atoms with Gasteiger partial charge in [0.05, 0.1) is 5.69 Å². The third kappa shape index (κ3) is 5.35. The molecule has 2 rings (SSSR count). The summed E-state index contributed by atoms with van der Waals surface area (Å²) >= 11 is 0. The maximum absolute atomic E-state index is 12.9. The number of aliphatic imine (C=N–C) groups is 1. The molecular weight excluding hydrogens is 363 g/mol. The van der Waals surface area contributed by atoms with Crippen molar-refractivity contribution in [1.29, 1.82) is 0 Å². The summed E-state index contributed by atoms with van der Waals surface area (Å²) in [5, 5.41) is 0. The van der Waals surface area contributed by atoms with Crippen LogP contribution in [0.3, 0.4) is 0 Å². The van der Waals surface area contributed by atoms with Crippen molar-refractivity contribution >= 4 is 11.5 Å². The molecule has 2 aromatic carbocycles. The first-order chi connectivity index (χ1) is 12.9. The number of nitrogens with zero attached hydrogens (tertiary/aromatic N) is 2. The Kier molecular flexibility index (Phi) is 6.55. The maximum atomic E-state index is 12.9. The van der Waals surface area contributed by atoms with Crippen LogP contribution in [0, 0.1) is 6.92 Å². The number of amidine groups is 1. The molecule has 0 fully saturated rings. The van der Waals surface area contributed by atoms with Gasteiger partial charge in [-0.2, -0.15) is 13.2 Å². The summed E-state index contributed by atoms with van der Waals surface area (Å²) in [5.74, 6) is -1.33. The Morgan fingerprint density at radius 2 is 1.64 bits per heavy atom. The molecule has 0 amide bonds. The molecule has 0 aliphatic carbocycles. The van der Waals surface area contributed by atoms with E-state index in [0.29, 0.717) is 13.0 Å². The zero-order valence-corrected chi connectivity index (χ0v) is 17.1. The molecule has 0 spiro atoms. The van der Waals surface area contributed by atoms with Crippen molar-refractivity contribution in [3.8, 4) is 11.1 Å². The minimum atomic E-state index is -4.65. The molecule has 0 aliphatic heterocycles. The standard InChI is InChI=1S/C22H28F3N3/c1-15-17(16-9-7-6-8-10-16)11-12-19(27-20(26)22(23,24)25)18(15)13-14-28(5)21(2,3)4/h6-12H,13-14H2,1-5H3,(H2,26,27). The second-order valence-corrected chi connectivity index (χ2v) is 7.94. The van der Waals surface area contributed by atoms with Gasteiger partial charge in [-0.25, -0.2) is 4.99 Å². The quantitative estimate of drug-likeness (QED) is 0.541. The third-order valence-electron chi connectivity index (χ3n) is 5.03. The molecule has 6 heteroatoms. The Morgan fingerprint density at radius 3 is 2.18 bits per heavy atom.